The lowest BCUT2D eigenvalue weighted by Crippen LogP contribution is -2.43. The number of carbonyl (C=O) groups is 1. The molecule has 0 spiro atoms. The Hall–Kier alpha value is -1.20. The lowest BCUT2D eigenvalue weighted by molar-refractivity contribution is -0.133. The molecule has 20 heavy (non-hydrogen) atoms. The molecule has 112 valence electrons. The Morgan fingerprint density at radius 3 is 2.70 bits per heavy atom. The number of nitrogens with two attached hydrogens (primary N) is 1. The summed E-state index contributed by atoms with van der Waals surface area (Å²) in [6.45, 7) is 1.98. The van der Waals surface area contributed by atoms with Crippen molar-refractivity contribution in [3.05, 3.63) is 29.8 Å². The Labute approximate surface area is 125 Å². The van der Waals surface area contributed by atoms with Crippen LogP contribution in [0.3, 0.4) is 0 Å². The van der Waals surface area contributed by atoms with Gasteiger partial charge in [0.15, 0.2) is 0 Å². The first-order valence-electron chi connectivity index (χ1n) is 6.67. The van der Waals surface area contributed by atoms with Crippen LogP contribution in [0.25, 0.3) is 0 Å². The fourth-order valence-corrected chi connectivity index (χ4v) is 2.53. The van der Waals surface area contributed by atoms with Crippen LogP contribution in [0, 0.1) is 0 Å². The minimum absolute atomic E-state index is 0.0301. The van der Waals surface area contributed by atoms with Crippen molar-refractivity contribution < 1.29 is 9.53 Å². The average molecular weight is 296 g/mol. The lowest BCUT2D eigenvalue weighted by Gasteiger charge is -2.28. The highest BCUT2D eigenvalue weighted by molar-refractivity contribution is 7.98. The molecule has 0 heterocycles. The van der Waals surface area contributed by atoms with Gasteiger partial charge in [-0.3, -0.25) is 4.79 Å². The monoisotopic (exact) mass is 296 g/mol. The van der Waals surface area contributed by atoms with E-state index in [4.69, 9.17) is 10.5 Å². The number of hydrogen-bond acceptors (Lipinski definition) is 4. The Morgan fingerprint density at radius 1 is 1.45 bits per heavy atom. The predicted octanol–water partition coefficient (Wildman–Crippen LogP) is 2.29. The quantitative estimate of drug-likeness (QED) is 0.839. The van der Waals surface area contributed by atoms with Crippen molar-refractivity contribution >= 4 is 17.7 Å². The van der Waals surface area contributed by atoms with Crippen LogP contribution in [0.5, 0.6) is 5.75 Å². The molecule has 1 aromatic rings. The third-order valence-electron chi connectivity index (χ3n) is 3.47. The van der Waals surface area contributed by atoms with Gasteiger partial charge in [0.1, 0.15) is 5.75 Å². The van der Waals surface area contributed by atoms with Crippen LogP contribution in [-0.4, -0.2) is 43.0 Å². The zero-order chi connectivity index (χ0) is 15.1. The number of thioether (sulfide) groups is 1. The summed E-state index contributed by atoms with van der Waals surface area (Å²) >= 11 is 1.70. The maximum Gasteiger partial charge on any atom is 0.239 e. The molecule has 0 radical (unpaired) electrons. The minimum atomic E-state index is -0.440. The van der Waals surface area contributed by atoms with E-state index < -0.39 is 6.04 Å². The first-order valence-corrected chi connectivity index (χ1v) is 8.06. The molecule has 0 saturated carbocycles. The Morgan fingerprint density at radius 2 is 2.10 bits per heavy atom. The number of rotatable bonds is 7. The van der Waals surface area contributed by atoms with Crippen LogP contribution < -0.4 is 10.5 Å². The van der Waals surface area contributed by atoms with Gasteiger partial charge in [-0.1, -0.05) is 18.2 Å². The van der Waals surface area contributed by atoms with Gasteiger partial charge in [0.05, 0.1) is 19.2 Å². The number of para-hydroxylation sites is 1. The van der Waals surface area contributed by atoms with Crippen LogP contribution in [0.1, 0.15) is 24.9 Å². The first kappa shape index (κ1) is 16.9. The molecule has 0 aliphatic rings. The van der Waals surface area contributed by atoms with Crippen LogP contribution in [0.15, 0.2) is 24.3 Å². The van der Waals surface area contributed by atoms with Crippen molar-refractivity contribution in [2.75, 3.05) is 26.2 Å². The van der Waals surface area contributed by atoms with Crippen LogP contribution in [-0.2, 0) is 4.79 Å². The summed E-state index contributed by atoms with van der Waals surface area (Å²) in [5.74, 6) is 1.65. The van der Waals surface area contributed by atoms with Gasteiger partial charge in [-0.2, -0.15) is 11.8 Å². The number of ether oxygens (including phenoxy) is 1. The van der Waals surface area contributed by atoms with Crippen LogP contribution in [0.2, 0.25) is 0 Å². The molecule has 0 aliphatic heterocycles. The molecule has 0 aliphatic carbocycles. The molecule has 1 rings (SSSR count). The molecular formula is C15H24N2O2S. The van der Waals surface area contributed by atoms with E-state index in [2.05, 4.69) is 0 Å². The van der Waals surface area contributed by atoms with Gasteiger partial charge < -0.3 is 15.4 Å². The van der Waals surface area contributed by atoms with Crippen molar-refractivity contribution in [3.8, 4) is 5.75 Å². The van der Waals surface area contributed by atoms with Gasteiger partial charge in [0.25, 0.3) is 0 Å². The normalized spacial score (nSPS) is 13.7. The molecule has 2 N–H and O–H groups in total. The summed E-state index contributed by atoms with van der Waals surface area (Å²) in [6.07, 6.45) is 2.71. The van der Waals surface area contributed by atoms with Crippen molar-refractivity contribution in [2.45, 2.75) is 25.4 Å². The average Bonchev–Trinajstić information content (AvgIpc) is 2.50. The van der Waals surface area contributed by atoms with Crippen molar-refractivity contribution in [2.24, 2.45) is 5.73 Å². The molecule has 5 heteroatoms. The van der Waals surface area contributed by atoms with E-state index in [-0.39, 0.29) is 11.9 Å². The number of hydrogen-bond donors (Lipinski definition) is 1. The molecule has 1 unspecified atom stereocenters. The molecule has 4 nitrogen and oxygen atoms in total. The summed E-state index contributed by atoms with van der Waals surface area (Å²) in [4.78, 5) is 14.0. The number of methoxy groups -OCH3 is 1. The fraction of sp³-hybridized carbons (Fsp3) is 0.533. The van der Waals surface area contributed by atoms with Gasteiger partial charge >= 0.3 is 0 Å². The first-order chi connectivity index (χ1) is 9.52. The van der Waals surface area contributed by atoms with Gasteiger partial charge in [-0.15, -0.1) is 0 Å². The Bertz CT molecular complexity index is 440. The second-order valence-electron chi connectivity index (χ2n) is 4.76. The van der Waals surface area contributed by atoms with E-state index in [0.29, 0.717) is 6.42 Å². The molecule has 0 saturated heterocycles. The van der Waals surface area contributed by atoms with Gasteiger partial charge in [-0.25, -0.2) is 0 Å². The van der Waals surface area contributed by atoms with E-state index >= 15 is 0 Å². The molecule has 1 aromatic carbocycles. The van der Waals surface area contributed by atoms with Crippen molar-refractivity contribution in [1.29, 1.82) is 0 Å². The smallest absolute Gasteiger partial charge is 0.239 e. The summed E-state index contributed by atoms with van der Waals surface area (Å²) in [6, 6.07) is 7.23. The summed E-state index contributed by atoms with van der Waals surface area (Å²) < 4.78 is 5.35. The SMILES string of the molecule is COc1ccccc1C(C)N(C)C(=O)[C@H](N)CCSC. The molecule has 2 atom stereocenters. The number of likely N-dealkylation sites (N-methyl/N-ethyl adjacent to an activating group) is 1. The highest BCUT2D eigenvalue weighted by Gasteiger charge is 2.24. The fourth-order valence-electron chi connectivity index (χ4n) is 2.04. The Balaban J connectivity index is 2.80. The number of carbonyl (C=O) groups excluding carboxylic acids is 1. The zero-order valence-corrected chi connectivity index (χ0v) is 13.4. The predicted molar refractivity (Wildman–Crippen MR) is 85.2 cm³/mol. The highest BCUT2D eigenvalue weighted by Crippen LogP contribution is 2.28. The van der Waals surface area contributed by atoms with E-state index in [0.717, 1.165) is 17.1 Å². The number of benzene rings is 1. The standard InChI is InChI=1S/C15H24N2O2S/c1-11(12-7-5-6-8-14(12)19-3)17(2)15(18)13(16)9-10-20-4/h5-8,11,13H,9-10,16H2,1-4H3/t11?,13-/m1/s1. The zero-order valence-electron chi connectivity index (χ0n) is 12.6. The maximum absolute atomic E-state index is 12.3. The van der Waals surface area contributed by atoms with E-state index in [1.807, 2.05) is 37.4 Å². The number of nitrogens with zero attached hydrogens (tertiary/aromatic N) is 1. The molecule has 0 bridgehead atoms. The van der Waals surface area contributed by atoms with Crippen molar-refractivity contribution in [1.82, 2.24) is 4.90 Å². The van der Waals surface area contributed by atoms with Gasteiger partial charge in [0, 0.05) is 12.6 Å². The second-order valence-corrected chi connectivity index (χ2v) is 5.74. The van der Waals surface area contributed by atoms with E-state index in [9.17, 15) is 4.79 Å². The topological polar surface area (TPSA) is 55.6 Å². The highest BCUT2D eigenvalue weighted by atomic mass is 32.2. The Kier molecular flexibility index (Phi) is 6.88. The van der Waals surface area contributed by atoms with Crippen LogP contribution >= 0.6 is 11.8 Å². The molecule has 0 aromatic heterocycles. The minimum Gasteiger partial charge on any atom is -0.496 e. The maximum atomic E-state index is 12.3. The largest absolute Gasteiger partial charge is 0.496 e. The summed E-state index contributed by atoms with van der Waals surface area (Å²) in [7, 11) is 3.43. The molecule has 1 amide bonds. The van der Waals surface area contributed by atoms with E-state index in [1.54, 1.807) is 30.8 Å². The molecular weight excluding hydrogens is 272 g/mol. The number of amides is 1. The third-order valence-corrected chi connectivity index (χ3v) is 4.11. The van der Waals surface area contributed by atoms with Crippen LogP contribution in [0.4, 0.5) is 0 Å². The summed E-state index contributed by atoms with van der Waals surface area (Å²) in [5.41, 5.74) is 6.94. The summed E-state index contributed by atoms with van der Waals surface area (Å²) in [5, 5.41) is 0. The third kappa shape index (κ3) is 4.15. The van der Waals surface area contributed by atoms with Gasteiger partial charge in [-0.05, 0) is 31.4 Å². The van der Waals surface area contributed by atoms with E-state index in [1.165, 1.54) is 0 Å². The van der Waals surface area contributed by atoms with Gasteiger partial charge in [0.2, 0.25) is 5.91 Å². The molecule has 0 fully saturated rings. The van der Waals surface area contributed by atoms with Crippen molar-refractivity contribution in [3.63, 3.8) is 0 Å². The second kappa shape index (κ2) is 8.17. The lowest BCUT2D eigenvalue weighted by atomic mass is 10.0.